The Hall–Kier alpha value is -9.55. The fraction of sp³-hybridized carbons (Fsp3) is 0.352. The van der Waals surface area contributed by atoms with Gasteiger partial charge in [0, 0.05) is 41.7 Å². The maximum Gasteiger partial charge on any atom is 0.280 e. The van der Waals surface area contributed by atoms with E-state index >= 15 is 0 Å². The van der Waals surface area contributed by atoms with Crippen LogP contribution in [0.5, 0.6) is 0 Å². The standard InChI is InChI=1S/C15H15N5O.C13H18N4O2.C10H12N2.C8H11N5O.C8H11N5/c1-10(2)20-9-18-12-13(16-8-17-14(12)20)19-15(21)11-6-4-3-5-7-11;1-7(2)9(18)5-10-15-12-11(13(19)16-10)14-6-17(12)8(3)4;1-8(2)12-7-11-9-5-3-4-6-10(9)12;1-4(2)13-3-10-5-6(13)11-8(9)12-7(5)14;1-5(2)13-4-12-6-7(9)10-3-11-8(6)13/h3-10H,1-2H3,(H,16,17,19,21);6-8H,5H2,1-4H3,(H,15,16,19);3-8H,1-2H3;3-4H,1-2H3,(H3,9,11,12,14);3-5H,1-2H3,(H2,9,10,11). The van der Waals surface area contributed by atoms with Crippen LogP contribution in [0.15, 0.2) is 108 Å². The molecule has 0 aliphatic rings. The summed E-state index contributed by atoms with van der Waals surface area (Å²) in [5.74, 6) is 1.14. The van der Waals surface area contributed by atoms with Gasteiger partial charge < -0.3 is 44.6 Å². The van der Waals surface area contributed by atoms with Gasteiger partial charge in [0.15, 0.2) is 50.8 Å². The zero-order chi connectivity index (χ0) is 57.2. The number of nitrogen functional groups attached to an aromatic ring is 2. The van der Waals surface area contributed by atoms with Gasteiger partial charge in [0.2, 0.25) is 5.95 Å². The zero-order valence-corrected chi connectivity index (χ0v) is 46.4. The maximum absolute atomic E-state index is 12.2. The monoisotopic (exact) mass is 1070 g/mol. The molecule has 0 aliphatic carbocycles. The number of hydrogen-bond acceptors (Lipinski definition) is 17. The number of Topliss-reactive ketones (excluding diaryl/α,β-unsaturated/α-hetero) is 1. The van der Waals surface area contributed by atoms with E-state index < -0.39 is 0 Å². The number of amides is 1. The van der Waals surface area contributed by atoms with Crippen LogP contribution in [0.3, 0.4) is 0 Å². The number of imidazole rings is 5. The van der Waals surface area contributed by atoms with E-state index in [-0.39, 0.29) is 59.2 Å². The molecule has 0 fully saturated rings. The SMILES string of the molecule is CC(C)C(=O)Cc1nc2c(ncn2C(C)C)c(=O)[nH]1.CC(C)n1cnc2c(=O)[nH]c(N)nc21.CC(C)n1cnc2c(N)ncnc21.CC(C)n1cnc2c(NC(=O)c3ccccc3)ncnc21.CC(C)n1cnc2ccccc21. The van der Waals surface area contributed by atoms with Gasteiger partial charge in [0.1, 0.15) is 29.8 Å². The minimum absolute atomic E-state index is 0.0538. The number of hydrogen-bond donors (Lipinski definition) is 5. The Morgan fingerprint density at radius 1 is 0.506 bits per heavy atom. The number of nitrogens with two attached hydrogens (primary N) is 2. The molecule has 0 spiro atoms. The molecule has 2 aromatic carbocycles. The van der Waals surface area contributed by atoms with Crippen LogP contribution in [0.4, 0.5) is 17.6 Å². The molecule has 9 aromatic heterocycles. The second kappa shape index (κ2) is 25.1. The Labute approximate surface area is 454 Å². The summed E-state index contributed by atoms with van der Waals surface area (Å²) in [5.41, 5.74) is 17.8. The van der Waals surface area contributed by atoms with Gasteiger partial charge in [-0.25, -0.2) is 49.8 Å². The van der Waals surface area contributed by atoms with E-state index in [2.05, 4.69) is 108 Å². The highest BCUT2D eigenvalue weighted by atomic mass is 16.2. The number of nitrogens with one attached hydrogen (secondary N) is 3. The third kappa shape index (κ3) is 13.4. The summed E-state index contributed by atoms with van der Waals surface area (Å²) in [6.07, 6.45) is 11.6. The van der Waals surface area contributed by atoms with E-state index in [1.165, 1.54) is 18.2 Å². The molecule has 9 heterocycles. The minimum Gasteiger partial charge on any atom is -0.382 e. The van der Waals surface area contributed by atoms with Gasteiger partial charge >= 0.3 is 0 Å². The second-order valence-electron chi connectivity index (χ2n) is 20.0. The van der Waals surface area contributed by atoms with Crippen LogP contribution in [0.1, 0.15) is 129 Å². The first-order valence-corrected chi connectivity index (χ1v) is 25.7. The van der Waals surface area contributed by atoms with Crippen LogP contribution in [-0.2, 0) is 11.2 Å². The smallest absolute Gasteiger partial charge is 0.280 e. The van der Waals surface area contributed by atoms with E-state index in [4.69, 9.17) is 11.5 Å². The van der Waals surface area contributed by atoms with Crippen molar-refractivity contribution in [2.24, 2.45) is 5.92 Å². The molecular weight excluding hydrogens is 1010 g/mol. The highest BCUT2D eigenvalue weighted by molar-refractivity contribution is 6.06. The van der Waals surface area contributed by atoms with Crippen molar-refractivity contribution >= 4 is 85.0 Å². The first-order valence-electron chi connectivity index (χ1n) is 25.7. The molecular formula is C54H67N21O4. The lowest BCUT2D eigenvalue weighted by atomic mass is 10.1. The number of ketones is 1. The number of rotatable bonds is 10. The molecule has 0 unspecified atom stereocenters. The first kappa shape index (κ1) is 57.2. The van der Waals surface area contributed by atoms with Gasteiger partial charge in [0.25, 0.3) is 17.0 Å². The predicted octanol–water partition coefficient (Wildman–Crippen LogP) is 8.02. The lowest BCUT2D eigenvalue weighted by Crippen LogP contribution is -2.18. The maximum atomic E-state index is 12.2. The summed E-state index contributed by atoms with van der Waals surface area (Å²) in [7, 11) is 0. The molecule has 0 saturated carbocycles. The number of anilines is 3. The van der Waals surface area contributed by atoms with E-state index in [1.807, 2.05) is 112 Å². The number of fused-ring (bicyclic) bond motifs is 5. The molecule has 0 radical (unpaired) electrons. The van der Waals surface area contributed by atoms with E-state index in [9.17, 15) is 19.2 Å². The third-order valence-electron chi connectivity index (χ3n) is 12.2. The highest BCUT2D eigenvalue weighted by Gasteiger charge is 2.17. The summed E-state index contributed by atoms with van der Waals surface area (Å²) in [5, 5.41) is 2.79. The Morgan fingerprint density at radius 2 is 0.975 bits per heavy atom. The number of H-pyrrole nitrogens is 2. The van der Waals surface area contributed by atoms with Crippen LogP contribution in [0.2, 0.25) is 0 Å². The van der Waals surface area contributed by atoms with Crippen molar-refractivity contribution in [3.63, 3.8) is 0 Å². The lowest BCUT2D eigenvalue weighted by Gasteiger charge is -2.08. The van der Waals surface area contributed by atoms with Crippen molar-refractivity contribution in [3.05, 3.63) is 131 Å². The number of nitrogens with zero attached hydrogens (tertiary/aromatic N) is 16. The van der Waals surface area contributed by atoms with Gasteiger partial charge in [-0.3, -0.25) is 24.2 Å². The highest BCUT2D eigenvalue weighted by Crippen LogP contribution is 2.22. The van der Waals surface area contributed by atoms with Crippen molar-refractivity contribution in [1.82, 2.24) is 87.6 Å². The fourth-order valence-corrected chi connectivity index (χ4v) is 7.85. The molecule has 79 heavy (non-hydrogen) atoms. The van der Waals surface area contributed by atoms with Crippen molar-refractivity contribution in [2.75, 3.05) is 16.8 Å². The largest absolute Gasteiger partial charge is 0.382 e. The number of carbonyl (C=O) groups is 2. The third-order valence-corrected chi connectivity index (χ3v) is 12.2. The second-order valence-corrected chi connectivity index (χ2v) is 20.0. The molecule has 7 N–H and O–H groups in total. The van der Waals surface area contributed by atoms with Gasteiger partial charge in [0.05, 0.1) is 49.1 Å². The number of carbonyl (C=O) groups excluding carboxylic acids is 2. The molecule has 412 valence electrons. The number of benzene rings is 2. The molecule has 25 heteroatoms. The molecule has 25 nitrogen and oxygen atoms in total. The Balaban J connectivity index is 0.000000145. The van der Waals surface area contributed by atoms with Crippen molar-refractivity contribution in [3.8, 4) is 0 Å². The zero-order valence-electron chi connectivity index (χ0n) is 46.4. The van der Waals surface area contributed by atoms with Gasteiger partial charge in [-0.2, -0.15) is 4.98 Å². The van der Waals surface area contributed by atoms with Crippen LogP contribution in [0, 0.1) is 5.92 Å². The van der Waals surface area contributed by atoms with E-state index in [1.54, 1.807) is 42.0 Å². The first-order chi connectivity index (χ1) is 37.6. The number of aromatic amines is 2. The quantitative estimate of drug-likeness (QED) is 0.0865. The number of para-hydroxylation sites is 2. The topological polar surface area (TPSA) is 330 Å². The van der Waals surface area contributed by atoms with Crippen molar-refractivity contribution in [2.45, 2.75) is 120 Å². The minimum atomic E-state index is -0.299. The van der Waals surface area contributed by atoms with Gasteiger partial charge in [-0.05, 0) is 93.5 Å². The summed E-state index contributed by atoms with van der Waals surface area (Å²) < 4.78 is 9.72. The van der Waals surface area contributed by atoms with E-state index in [0.717, 1.165) is 11.2 Å². The summed E-state index contributed by atoms with van der Waals surface area (Å²) in [4.78, 5) is 97.8. The van der Waals surface area contributed by atoms with Crippen LogP contribution in [-0.4, -0.2) is 99.3 Å². The Bertz CT molecular complexity index is 3970. The summed E-state index contributed by atoms with van der Waals surface area (Å²) in [6.45, 7) is 24.2. The molecule has 0 atom stereocenters. The lowest BCUT2D eigenvalue weighted by molar-refractivity contribution is -0.121. The normalized spacial score (nSPS) is 11.3. The predicted molar refractivity (Wildman–Crippen MR) is 305 cm³/mol. The molecule has 11 rings (SSSR count). The average molecular weight is 1070 g/mol. The fourth-order valence-electron chi connectivity index (χ4n) is 7.85. The van der Waals surface area contributed by atoms with Gasteiger partial charge in [-0.15, -0.1) is 0 Å². The molecule has 11 aromatic rings. The Kier molecular flexibility index (Phi) is 18.1. The summed E-state index contributed by atoms with van der Waals surface area (Å²) in [6, 6.07) is 18.6. The van der Waals surface area contributed by atoms with Gasteiger partial charge in [-0.1, -0.05) is 44.2 Å². The van der Waals surface area contributed by atoms with Crippen molar-refractivity contribution < 1.29 is 9.59 Å². The van der Waals surface area contributed by atoms with Crippen LogP contribution < -0.4 is 27.9 Å². The molecule has 1 amide bonds. The summed E-state index contributed by atoms with van der Waals surface area (Å²) >= 11 is 0. The Morgan fingerprint density at radius 3 is 1.54 bits per heavy atom. The average Bonchev–Trinajstić information content (AvgIpc) is 4.31. The van der Waals surface area contributed by atoms with Crippen molar-refractivity contribution in [1.29, 1.82) is 0 Å². The van der Waals surface area contributed by atoms with E-state index in [0.29, 0.717) is 74.1 Å². The molecule has 0 saturated heterocycles. The van der Waals surface area contributed by atoms with Crippen LogP contribution in [0.25, 0.3) is 55.7 Å². The number of aromatic nitrogens is 18. The van der Waals surface area contributed by atoms with Crippen LogP contribution >= 0.6 is 0 Å². The molecule has 0 bridgehead atoms. The molecule has 0 aliphatic heterocycles.